The quantitative estimate of drug-likeness (QED) is 0.545. The van der Waals surface area contributed by atoms with Crippen LogP contribution in [0.1, 0.15) is 38.5 Å². The molecule has 0 unspecified atom stereocenters. The molecule has 0 bridgehead atoms. The summed E-state index contributed by atoms with van der Waals surface area (Å²) in [6.07, 6.45) is 3.28. The number of rotatable bonds is 7. The molecule has 4 radical (unpaired) electrons. The molecule has 74 valence electrons. The van der Waals surface area contributed by atoms with Crippen LogP contribution in [-0.4, -0.2) is 46.1 Å². The summed E-state index contributed by atoms with van der Waals surface area (Å²) in [6, 6.07) is 0. The van der Waals surface area contributed by atoms with Gasteiger partial charge in [0.1, 0.15) is 0 Å². The van der Waals surface area contributed by atoms with Gasteiger partial charge in [-0.1, -0.05) is 12.8 Å². The molecule has 0 saturated carbocycles. The fourth-order valence-electron chi connectivity index (χ4n) is 0.906. The molecule has 5 heteroatoms. The number of carboxylic acid groups (broad SMARTS) is 2. The Balaban J connectivity index is 0. The van der Waals surface area contributed by atoms with Gasteiger partial charge in [-0.3, -0.25) is 9.59 Å². The zero-order valence-electron chi connectivity index (χ0n) is 7.45. The van der Waals surface area contributed by atoms with Gasteiger partial charge in [0.25, 0.3) is 0 Å². The summed E-state index contributed by atoms with van der Waals surface area (Å²) >= 11 is 0. The monoisotopic (exact) mass is 294 g/mol. The van der Waals surface area contributed by atoms with Crippen molar-refractivity contribution in [3.05, 3.63) is 0 Å². The van der Waals surface area contributed by atoms with Crippen molar-refractivity contribution in [2.75, 3.05) is 0 Å². The minimum absolute atomic E-state index is 0. The van der Waals surface area contributed by atoms with Gasteiger partial charge in [0.15, 0.2) is 0 Å². The van der Waals surface area contributed by atoms with E-state index in [9.17, 15) is 9.59 Å². The van der Waals surface area contributed by atoms with E-state index in [-0.39, 0.29) is 36.7 Å². The normalized spacial score (nSPS) is 8.92. The molecule has 0 aromatic rings. The summed E-state index contributed by atoms with van der Waals surface area (Å²) in [5.74, 6) is -1.57. The van der Waals surface area contributed by atoms with Gasteiger partial charge in [-0.05, 0) is 12.8 Å². The standard InChI is InChI=1S/C8H14O4.Sn/c9-7(10)5-3-1-2-4-6-8(11)12;/h1-6H2,(H,9,10)(H,11,12);. The van der Waals surface area contributed by atoms with E-state index >= 15 is 0 Å². The molecule has 0 saturated heterocycles. The molecular weight excluding hydrogens is 279 g/mol. The minimum Gasteiger partial charge on any atom is -0.481 e. The number of hydrogen-bond acceptors (Lipinski definition) is 2. The molecule has 4 nitrogen and oxygen atoms in total. The van der Waals surface area contributed by atoms with Crippen molar-refractivity contribution in [2.24, 2.45) is 0 Å². The van der Waals surface area contributed by atoms with E-state index in [1.54, 1.807) is 0 Å². The first-order valence-electron chi connectivity index (χ1n) is 4.06. The van der Waals surface area contributed by atoms with Crippen LogP contribution in [-0.2, 0) is 9.59 Å². The SMILES string of the molecule is O=C(O)CCCCCCC(=O)O.[Sn]. The Labute approximate surface area is 94.3 Å². The van der Waals surface area contributed by atoms with E-state index in [0.29, 0.717) is 12.8 Å². The molecule has 0 aromatic heterocycles. The van der Waals surface area contributed by atoms with Gasteiger partial charge in [-0.15, -0.1) is 0 Å². The third-order valence-corrected chi connectivity index (χ3v) is 1.53. The number of unbranched alkanes of at least 4 members (excludes halogenated alkanes) is 3. The van der Waals surface area contributed by atoms with Crippen LogP contribution in [0.15, 0.2) is 0 Å². The summed E-state index contributed by atoms with van der Waals surface area (Å²) < 4.78 is 0. The van der Waals surface area contributed by atoms with E-state index in [4.69, 9.17) is 10.2 Å². The molecule has 13 heavy (non-hydrogen) atoms. The maximum atomic E-state index is 10.0. The van der Waals surface area contributed by atoms with Crippen LogP contribution >= 0.6 is 0 Å². The largest absolute Gasteiger partial charge is 0.481 e. The first-order valence-corrected chi connectivity index (χ1v) is 4.06. The Morgan fingerprint density at radius 2 is 1.08 bits per heavy atom. The van der Waals surface area contributed by atoms with E-state index in [0.717, 1.165) is 12.8 Å². The molecule has 2 N–H and O–H groups in total. The average molecular weight is 293 g/mol. The topological polar surface area (TPSA) is 74.6 Å². The number of aliphatic carboxylic acids is 2. The Morgan fingerprint density at radius 3 is 1.31 bits per heavy atom. The van der Waals surface area contributed by atoms with Crippen LogP contribution in [0, 0.1) is 0 Å². The zero-order chi connectivity index (χ0) is 9.40. The third-order valence-electron chi connectivity index (χ3n) is 1.53. The van der Waals surface area contributed by atoms with Crippen LogP contribution in [0.4, 0.5) is 0 Å². The van der Waals surface area contributed by atoms with Gasteiger partial charge in [0.05, 0.1) is 0 Å². The predicted molar refractivity (Wildman–Crippen MR) is 48.7 cm³/mol. The van der Waals surface area contributed by atoms with E-state index in [2.05, 4.69) is 0 Å². The number of hydrogen-bond donors (Lipinski definition) is 2. The molecule has 0 aromatic carbocycles. The molecule has 0 aliphatic rings. The number of carboxylic acids is 2. The van der Waals surface area contributed by atoms with Crippen molar-refractivity contribution in [1.82, 2.24) is 0 Å². The van der Waals surface area contributed by atoms with E-state index in [1.807, 2.05) is 0 Å². The van der Waals surface area contributed by atoms with Gasteiger partial charge < -0.3 is 10.2 Å². The molecule has 0 aliphatic carbocycles. The molecule has 0 spiro atoms. The van der Waals surface area contributed by atoms with Crippen LogP contribution < -0.4 is 0 Å². The van der Waals surface area contributed by atoms with Crippen molar-refractivity contribution in [2.45, 2.75) is 38.5 Å². The van der Waals surface area contributed by atoms with Gasteiger partial charge in [-0.25, -0.2) is 0 Å². The third kappa shape index (κ3) is 14.6. The van der Waals surface area contributed by atoms with Crippen molar-refractivity contribution in [3.63, 3.8) is 0 Å². The van der Waals surface area contributed by atoms with Crippen LogP contribution in [0.2, 0.25) is 0 Å². The van der Waals surface area contributed by atoms with Crippen molar-refractivity contribution < 1.29 is 19.8 Å². The Bertz CT molecular complexity index is 140. The van der Waals surface area contributed by atoms with Gasteiger partial charge in [0.2, 0.25) is 0 Å². The van der Waals surface area contributed by atoms with Crippen LogP contribution in [0.25, 0.3) is 0 Å². The Hall–Kier alpha value is -0.261. The fourth-order valence-corrected chi connectivity index (χ4v) is 0.906. The van der Waals surface area contributed by atoms with E-state index < -0.39 is 11.9 Å². The molecule has 0 aliphatic heterocycles. The maximum absolute atomic E-state index is 10.0. The van der Waals surface area contributed by atoms with Gasteiger partial charge >= 0.3 is 11.9 Å². The fraction of sp³-hybridized carbons (Fsp3) is 0.750. The van der Waals surface area contributed by atoms with Crippen molar-refractivity contribution in [1.29, 1.82) is 0 Å². The summed E-state index contributed by atoms with van der Waals surface area (Å²) in [4.78, 5) is 20.1. The second-order valence-electron chi connectivity index (χ2n) is 2.70. The minimum atomic E-state index is -0.784. The zero-order valence-corrected chi connectivity index (χ0v) is 10.3. The Morgan fingerprint density at radius 1 is 0.769 bits per heavy atom. The molecule has 0 rings (SSSR count). The average Bonchev–Trinajstić information content (AvgIpc) is 1.95. The molecule has 0 heterocycles. The first kappa shape index (κ1) is 15.2. The van der Waals surface area contributed by atoms with Crippen LogP contribution in [0.5, 0.6) is 0 Å². The van der Waals surface area contributed by atoms with E-state index in [1.165, 1.54) is 0 Å². The summed E-state index contributed by atoms with van der Waals surface area (Å²) in [7, 11) is 0. The summed E-state index contributed by atoms with van der Waals surface area (Å²) in [5, 5.41) is 16.5. The molecule has 0 fully saturated rings. The molecular formula is C8H14O4Sn. The second kappa shape index (κ2) is 9.82. The first-order chi connectivity index (χ1) is 5.63. The summed E-state index contributed by atoms with van der Waals surface area (Å²) in [6.45, 7) is 0. The summed E-state index contributed by atoms with van der Waals surface area (Å²) in [5.41, 5.74) is 0. The van der Waals surface area contributed by atoms with Gasteiger partial charge in [0, 0.05) is 36.7 Å². The van der Waals surface area contributed by atoms with Gasteiger partial charge in [-0.2, -0.15) is 0 Å². The smallest absolute Gasteiger partial charge is 0.303 e. The molecule has 0 atom stereocenters. The number of carbonyl (C=O) groups is 2. The maximum Gasteiger partial charge on any atom is 0.303 e. The van der Waals surface area contributed by atoms with Crippen LogP contribution in [0.3, 0.4) is 0 Å². The Kier molecular flexibility index (Phi) is 11.5. The second-order valence-corrected chi connectivity index (χ2v) is 2.70. The molecule has 0 amide bonds. The predicted octanol–water partition coefficient (Wildman–Crippen LogP) is 1.12. The van der Waals surface area contributed by atoms with Crippen molar-refractivity contribution >= 4 is 35.8 Å². The van der Waals surface area contributed by atoms with Crippen molar-refractivity contribution in [3.8, 4) is 0 Å².